The summed E-state index contributed by atoms with van der Waals surface area (Å²) in [5, 5.41) is 0. The standard InChI is InChI=1S/C16H35NO3S2Si/c1-9-16(18)17(22(19,20)10-2)11-12-21-23(13(3)4,14(5)6)15(7)8/h13-15H,9-12H2,1-8H3. The minimum Gasteiger partial charge on any atom is -0.274 e. The lowest BCUT2D eigenvalue weighted by molar-refractivity contribution is -0.125. The van der Waals surface area contributed by atoms with Crippen molar-refractivity contribution in [3.8, 4) is 0 Å². The average Bonchev–Trinajstić information content (AvgIpc) is 2.45. The second-order valence-corrected chi connectivity index (χ2v) is 17.9. The van der Waals surface area contributed by atoms with Crippen LogP contribution in [0.15, 0.2) is 0 Å². The fourth-order valence-corrected chi connectivity index (χ4v) is 14.8. The van der Waals surface area contributed by atoms with Gasteiger partial charge in [0.05, 0.1) is 5.75 Å². The molecule has 0 saturated heterocycles. The minimum atomic E-state index is -3.46. The molecular formula is C16H35NO3S2Si. The van der Waals surface area contributed by atoms with E-state index in [2.05, 4.69) is 41.5 Å². The number of nitrogens with zero attached hydrogens (tertiary/aromatic N) is 1. The van der Waals surface area contributed by atoms with E-state index < -0.39 is 17.2 Å². The molecule has 0 heterocycles. The van der Waals surface area contributed by atoms with Crippen LogP contribution in [-0.2, 0) is 14.8 Å². The van der Waals surface area contributed by atoms with E-state index in [1.807, 2.05) is 11.2 Å². The Hall–Kier alpha value is -0.0131. The largest absolute Gasteiger partial charge is 0.274 e. The Balaban J connectivity index is 5.22. The maximum Gasteiger partial charge on any atom is 0.237 e. The van der Waals surface area contributed by atoms with E-state index in [9.17, 15) is 13.2 Å². The highest BCUT2D eigenvalue weighted by atomic mass is 32.4. The molecule has 1 amide bonds. The van der Waals surface area contributed by atoms with Crippen molar-refractivity contribution in [1.29, 1.82) is 0 Å². The van der Waals surface area contributed by atoms with Gasteiger partial charge < -0.3 is 0 Å². The summed E-state index contributed by atoms with van der Waals surface area (Å²) in [6, 6.07) is 0. The first kappa shape index (κ1) is 23.0. The van der Waals surface area contributed by atoms with Crippen molar-refractivity contribution in [2.24, 2.45) is 0 Å². The molecule has 0 aliphatic carbocycles. The Morgan fingerprint density at radius 2 is 1.43 bits per heavy atom. The predicted molar refractivity (Wildman–Crippen MR) is 105 cm³/mol. The number of amides is 1. The van der Waals surface area contributed by atoms with E-state index in [1.54, 1.807) is 13.8 Å². The molecule has 0 aromatic rings. The second-order valence-electron chi connectivity index (χ2n) is 6.89. The average molecular weight is 382 g/mol. The summed E-state index contributed by atoms with van der Waals surface area (Å²) in [4.78, 5) is 12.0. The molecule has 0 bridgehead atoms. The van der Waals surface area contributed by atoms with E-state index in [0.29, 0.717) is 28.9 Å². The van der Waals surface area contributed by atoms with Gasteiger partial charge in [-0.25, -0.2) is 12.7 Å². The fourth-order valence-electron chi connectivity index (χ4n) is 3.56. The molecule has 0 aliphatic rings. The van der Waals surface area contributed by atoms with Gasteiger partial charge in [-0.3, -0.25) is 4.79 Å². The molecule has 0 aromatic carbocycles. The van der Waals surface area contributed by atoms with Crippen LogP contribution in [0, 0.1) is 0 Å². The van der Waals surface area contributed by atoms with E-state index >= 15 is 0 Å². The molecule has 0 radical (unpaired) electrons. The summed E-state index contributed by atoms with van der Waals surface area (Å²) in [5.41, 5.74) is 1.85. The SMILES string of the molecule is CCC(=O)N(CCS[Si](C(C)C)(C(C)C)C(C)C)S(=O)(=O)CC. The van der Waals surface area contributed by atoms with Crippen LogP contribution < -0.4 is 0 Å². The van der Waals surface area contributed by atoms with Gasteiger partial charge >= 0.3 is 0 Å². The van der Waals surface area contributed by atoms with Gasteiger partial charge in [-0.15, -0.1) is 0 Å². The van der Waals surface area contributed by atoms with Crippen LogP contribution in [0.4, 0.5) is 0 Å². The highest BCUT2D eigenvalue weighted by Crippen LogP contribution is 2.49. The normalized spacial score (nSPS) is 13.2. The molecule has 138 valence electrons. The molecule has 7 heteroatoms. The highest BCUT2D eigenvalue weighted by Gasteiger charge is 2.43. The van der Waals surface area contributed by atoms with Crippen molar-refractivity contribution in [2.75, 3.05) is 18.1 Å². The van der Waals surface area contributed by atoms with Crippen LogP contribution >= 0.6 is 11.2 Å². The topological polar surface area (TPSA) is 54.5 Å². The molecule has 0 aromatic heterocycles. The van der Waals surface area contributed by atoms with Crippen molar-refractivity contribution in [3.63, 3.8) is 0 Å². The zero-order valence-corrected chi connectivity index (χ0v) is 18.7. The zero-order valence-electron chi connectivity index (χ0n) is 16.0. The van der Waals surface area contributed by atoms with Crippen molar-refractivity contribution in [3.05, 3.63) is 0 Å². The fraction of sp³-hybridized carbons (Fsp3) is 0.938. The summed E-state index contributed by atoms with van der Waals surface area (Å²) in [5.74, 6) is 0.384. The van der Waals surface area contributed by atoms with Crippen LogP contribution in [0.25, 0.3) is 0 Å². The van der Waals surface area contributed by atoms with Crippen LogP contribution in [-0.4, -0.2) is 43.9 Å². The summed E-state index contributed by atoms with van der Waals surface area (Å²) in [6.45, 7) is 17.3. The number of carbonyl (C=O) groups is 1. The molecular weight excluding hydrogens is 346 g/mol. The van der Waals surface area contributed by atoms with Gasteiger partial charge in [0.15, 0.2) is 0 Å². The number of sulfonamides is 1. The predicted octanol–water partition coefficient (Wildman–Crippen LogP) is 4.48. The quantitative estimate of drug-likeness (QED) is 0.523. The minimum absolute atomic E-state index is 0.0233. The third kappa shape index (κ3) is 5.49. The van der Waals surface area contributed by atoms with Crippen LogP contribution in [0.2, 0.25) is 16.6 Å². The molecule has 23 heavy (non-hydrogen) atoms. The highest BCUT2D eigenvalue weighted by molar-refractivity contribution is 8.29. The van der Waals surface area contributed by atoms with Gasteiger partial charge in [0.2, 0.25) is 15.9 Å². The number of hydrogen-bond donors (Lipinski definition) is 0. The molecule has 0 aliphatic heterocycles. The third-order valence-electron chi connectivity index (χ3n) is 4.63. The maximum absolute atomic E-state index is 12.2. The first-order valence-electron chi connectivity index (χ1n) is 8.64. The van der Waals surface area contributed by atoms with Crippen LogP contribution in [0.5, 0.6) is 0 Å². The van der Waals surface area contributed by atoms with Gasteiger partial charge in [0.1, 0.15) is 7.22 Å². The summed E-state index contributed by atoms with van der Waals surface area (Å²) in [6.07, 6.45) is 0.227. The molecule has 0 saturated carbocycles. The molecule has 0 unspecified atom stereocenters. The van der Waals surface area contributed by atoms with Gasteiger partial charge in [-0.2, -0.15) is 11.2 Å². The van der Waals surface area contributed by atoms with Crippen molar-refractivity contribution < 1.29 is 13.2 Å². The zero-order chi connectivity index (χ0) is 18.4. The molecule has 4 nitrogen and oxygen atoms in total. The molecule has 0 atom stereocenters. The molecule has 0 rings (SSSR count). The Morgan fingerprint density at radius 3 is 1.74 bits per heavy atom. The smallest absolute Gasteiger partial charge is 0.237 e. The Bertz CT molecular complexity index is 454. The van der Waals surface area contributed by atoms with E-state index in [0.717, 1.165) is 4.31 Å². The lowest BCUT2D eigenvalue weighted by Gasteiger charge is -2.42. The van der Waals surface area contributed by atoms with E-state index in [1.165, 1.54) is 0 Å². The van der Waals surface area contributed by atoms with Crippen LogP contribution in [0.3, 0.4) is 0 Å². The van der Waals surface area contributed by atoms with E-state index in [-0.39, 0.29) is 18.1 Å². The third-order valence-corrected chi connectivity index (χ3v) is 19.1. The Kier molecular flexibility index (Phi) is 9.46. The van der Waals surface area contributed by atoms with Crippen molar-refractivity contribution in [2.45, 2.75) is 78.4 Å². The molecule has 0 N–H and O–H groups in total. The number of hydrogen-bond acceptors (Lipinski definition) is 4. The Labute approximate surface area is 148 Å². The maximum atomic E-state index is 12.2. The molecule has 0 spiro atoms. The van der Waals surface area contributed by atoms with Crippen molar-refractivity contribution in [1.82, 2.24) is 4.31 Å². The monoisotopic (exact) mass is 381 g/mol. The Morgan fingerprint density at radius 1 is 1.00 bits per heavy atom. The van der Waals surface area contributed by atoms with Crippen molar-refractivity contribution >= 4 is 34.4 Å². The lowest BCUT2D eigenvalue weighted by Crippen LogP contribution is -2.44. The van der Waals surface area contributed by atoms with E-state index in [4.69, 9.17) is 0 Å². The summed E-state index contributed by atoms with van der Waals surface area (Å²) in [7, 11) is -5.09. The number of carbonyl (C=O) groups excluding carboxylic acids is 1. The lowest BCUT2D eigenvalue weighted by atomic mass is 10.4. The summed E-state index contributed by atoms with van der Waals surface area (Å²) < 4.78 is 25.4. The van der Waals surface area contributed by atoms with Crippen LogP contribution in [0.1, 0.15) is 61.8 Å². The summed E-state index contributed by atoms with van der Waals surface area (Å²) >= 11 is 1.96. The van der Waals surface area contributed by atoms with Gasteiger partial charge in [-0.05, 0) is 23.5 Å². The first-order valence-corrected chi connectivity index (χ1v) is 14.2. The second kappa shape index (κ2) is 9.46. The molecule has 0 fully saturated rings. The first-order chi connectivity index (χ1) is 10.5. The van der Waals surface area contributed by atoms with Gasteiger partial charge in [0.25, 0.3) is 0 Å². The van der Waals surface area contributed by atoms with Gasteiger partial charge in [-0.1, -0.05) is 48.5 Å². The number of rotatable bonds is 10. The van der Waals surface area contributed by atoms with Gasteiger partial charge in [0, 0.05) is 18.7 Å².